The van der Waals surface area contributed by atoms with E-state index >= 15 is 0 Å². The van der Waals surface area contributed by atoms with E-state index in [9.17, 15) is 4.79 Å². The van der Waals surface area contributed by atoms with Crippen molar-refractivity contribution in [1.29, 1.82) is 0 Å². The van der Waals surface area contributed by atoms with Crippen LogP contribution in [0.2, 0.25) is 0 Å². The van der Waals surface area contributed by atoms with Crippen molar-refractivity contribution in [3.8, 4) is 0 Å². The number of carbonyl (C=O) groups excluding carboxylic acids is 1. The topological polar surface area (TPSA) is 22.0 Å². The molecule has 2 aromatic heterocycles. The number of hydrogen-bond donors (Lipinski definition) is 0. The Labute approximate surface area is 115 Å². The highest BCUT2D eigenvalue weighted by Gasteiger charge is 2.36. The summed E-state index contributed by atoms with van der Waals surface area (Å²) in [4.78, 5) is 13.6. The molecule has 0 saturated heterocycles. The normalized spacial score (nSPS) is 18.2. The van der Waals surface area contributed by atoms with E-state index in [1.807, 2.05) is 13.1 Å². The molecule has 0 bridgehead atoms. The highest BCUT2D eigenvalue weighted by Crippen LogP contribution is 2.44. The smallest absolute Gasteiger partial charge is 0.180 e. The Bertz CT molecular complexity index is 783. The van der Waals surface area contributed by atoms with Gasteiger partial charge in [0.1, 0.15) is 0 Å². The van der Waals surface area contributed by atoms with Gasteiger partial charge < -0.3 is 4.57 Å². The van der Waals surface area contributed by atoms with Gasteiger partial charge in [-0.2, -0.15) is 0 Å². The van der Waals surface area contributed by atoms with E-state index in [2.05, 4.69) is 40.3 Å². The Morgan fingerprint density at radius 1 is 1.21 bits per heavy atom. The summed E-state index contributed by atoms with van der Waals surface area (Å²) in [6, 6.07) is 12.5. The molecule has 1 aliphatic carbocycles. The van der Waals surface area contributed by atoms with Gasteiger partial charge in [0, 0.05) is 35.2 Å². The molecule has 2 heterocycles. The molecule has 19 heavy (non-hydrogen) atoms. The van der Waals surface area contributed by atoms with Crippen molar-refractivity contribution in [2.24, 2.45) is 7.05 Å². The first kappa shape index (κ1) is 11.0. The molecule has 0 N–H and O–H groups in total. The van der Waals surface area contributed by atoms with Crippen LogP contribution in [-0.4, -0.2) is 10.4 Å². The highest BCUT2D eigenvalue weighted by molar-refractivity contribution is 7.10. The van der Waals surface area contributed by atoms with Crippen molar-refractivity contribution in [2.45, 2.75) is 12.3 Å². The number of para-hydroxylation sites is 1. The monoisotopic (exact) mass is 267 g/mol. The lowest BCUT2D eigenvalue weighted by atomic mass is 9.98. The van der Waals surface area contributed by atoms with Gasteiger partial charge in [-0.05, 0) is 23.1 Å². The van der Waals surface area contributed by atoms with E-state index < -0.39 is 0 Å². The lowest BCUT2D eigenvalue weighted by Gasteiger charge is -2.07. The molecule has 0 unspecified atom stereocenters. The van der Waals surface area contributed by atoms with Gasteiger partial charge in [-0.15, -0.1) is 11.3 Å². The van der Waals surface area contributed by atoms with Gasteiger partial charge in [0.15, 0.2) is 5.78 Å². The third kappa shape index (κ3) is 1.39. The molecule has 2 nitrogen and oxygen atoms in total. The lowest BCUT2D eigenvalue weighted by Crippen LogP contribution is -2.01. The molecular weight excluding hydrogens is 254 g/mol. The second-order valence-electron chi connectivity index (χ2n) is 5.03. The average molecular weight is 267 g/mol. The number of Topliss-reactive ketones (excluding diaryl/α,β-unsaturated/α-hetero) is 1. The summed E-state index contributed by atoms with van der Waals surface area (Å²) >= 11 is 1.74. The Morgan fingerprint density at radius 3 is 2.84 bits per heavy atom. The second kappa shape index (κ2) is 3.81. The maximum Gasteiger partial charge on any atom is 0.180 e. The fourth-order valence-corrected chi connectivity index (χ4v) is 4.07. The second-order valence-corrected chi connectivity index (χ2v) is 6.01. The minimum atomic E-state index is 0.244. The molecule has 3 heteroatoms. The van der Waals surface area contributed by atoms with Crippen LogP contribution < -0.4 is 0 Å². The van der Waals surface area contributed by atoms with Gasteiger partial charge in [0.2, 0.25) is 0 Å². The van der Waals surface area contributed by atoms with Gasteiger partial charge >= 0.3 is 0 Å². The van der Waals surface area contributed by atoms with E-state index in [4.69, 9.17) is 0 Å². The van der Waals surface area contributed by atoms with Crippen LogP contribution in [0.3, 0.4) is 0 Å². The summed E-state index contributed by atoms with van der Waals surface area (Å²) in [5, 5.41) is 3.31. The van der Waals surface area contributed by atoms with Crippen molar-refractivity contribution in [3.05, 3.63) is 57.9 Å². The van der Waals surface area contributed by atoms with Crippen LogP contribution in [0.15, 0.2) is 41.8 Å². The largest absolute Gasteiger partial charge is 0.341 e. The molecule has 3 aromatic rings. The van der Waals surface area contributed by atoms with Crippen molar-refractivity contribution < 1.29 is 4.79 Å². The van der Waals surface area contributed by atoms with Crippen molar-refractivity contribution in [1.82, 2.24) is 4.57 Å². The first-order valence-corrected chi connectivity index (χ1v) is 7.29. The Kier molecular flexibility index (Phi) is 2.21. The highest BCUT2D eigenvalue weighted by atomic mass is 32.1. The number of aromatic nitrogens is 1. The van der Waals surface area contributed by atoms with Gasteiger partial charge in [-0.1, -0.05) is 24.3 Å². The molecule has 0 radical (unpaired) electrons. The van der Waals surface area contributed by atoms with E-state index in [1.165, 1.54) is 15.8 Å². The van der Waals surface area contributed by atoms with E-state index in [-0.39, 0.29) is 11.7 Å². The third-order valence-electron chi connectivity index (χ3n) is 4.03. The SMILES string of the molecule is Cn1c2c(c3ccccc31)[C@@H](c1cccs1)CC2=O. The summed E-state index contributed by atoms with van der Waals surface area (Å²) in [6.07, 6.45) is 0.615. The van der Waals surface area contributed by atoms with Gasteiger partial charge in [-0.25, -0.2) is 0 Å². The molecular formula is C16H13NOS. The predicted octanol–water partition coefficient (Wildman–Crippen LogP) is 3.96. The average Bonchev–Trinajstić information content (AvgIpc) is 3.09. The summed E-state index contributed by atoms with van der Waals surface area (Å²) in [6.45, 7) is 0. The number of benzene rings is 1. The zero-order valence-corrected chi connectivity index (χ0v) is 11.4. The number of rotatable bonds is 1. The van der Waals surface area contributed by atoms with E-state index in [1.54, 1.807) is 11.3 Å². The molecule has 0 fully saturated rings. The molecule has 0 saturated carbocycles. The first-order valence-electron chi connectivity index (χ1n) is 6.41. The lowest BCUT2D eigenvalue weighted by molar-refractivity contribution is 0.0984. The summed E-state index contributed by atoms with van der Waals surface area (Å²) in [7, 11) is 2.00. The zero-order chi connectivity index (χ0) is 13.0. The van der Waals surface area contributed by atoms with Crippen molar-refractivity contribution in [3.63, 3.8) is 0 Å². The molecule has 94 valence electrons. The Balaban J connectivity index is 2.06. The standard InChI is InChI=1S/C16H13NOS/c1-17-12-6-3-2-5-10(12)15-11(9-13(18)16(15)17)14-7-4-8-19-14/h2-8,11H,9H2,1H3/t11-/m1/s1. The van der Waals surface area contributed by atoms with Crippen LogP contribution in [0.1, 0.15) is 33.3 Å². The van der Waals surface area contributed by atoms with Crippen LogP contribution >= 0.6 is 11.3 Å². The summed E-state index contributed by atoms with van der Waals surface area (Å²) in [5.74, 6) is 0.515. The molecule has 4 rings (SSSR count). The number of hydrogen-bond acceptors (Lipinski definition) is 2. The molecule has 1 aliphatic rings. The summed E-state index contributed by atoms with van der Waals surface area (Å²) in [5.41, 5.74) is 3.28. The predicted molar refractivity (Wildman–Crippen MR) is 78.0 cm³/mol. The number of ketones is 1. The van der Waals surface area contributed by atoms with Crippen LogP contribution in [0.4, 0.5) is 0 Å². The van der Waals surface area contributed by atoms with E-state index in [0.717, 1.165) is 11.2 Å². The number of fused-ring (bicyclic) bond motifs is 3. The maximum absolute atomic E-state index is 12.3. The van der Waals surface area contributed by atoms with Gasteiger partial charge in [0.25, 0.3) is 0 Å². The Morgan fingerprint density at radius 2 is 2.05 bits per heavy atom. The van der Waals surface area contributed by atoms with Crippen LogP contribution in [0.5, 0.6) is 0 Å². The minimum absolute atomic E-state index is 0.244. The van der Waals surface area contributed by atoms with E-state index in [0.29, 0.717) is 6.42 Å². The number of carbonyl (C=O) groups is 1. The van der Waals surface area contributed by atoms with Crippen molar-refractivity contribution in [2.75, 3.05) is 0 Å². The van der Waals surface area contributed by atoms with Gasteiger partial charge in [-0.3, -0.25) is 4.79 Å². The first-order chi connectivity index (χ1) is 9.27. The molecule has 0 spiro atoms. The zero-order valence-electron chi connectivity index (χ0n) is 10.6. The molecule has 0 amide bonds. The number of aryl methyl sites for hydroxylation is 1. The third-order valence-corrected chi connectivity index (χ3v) is 5.02. The number of thiophene rings is 1. The quantitative estimate of drug-likeness (QED) is 0.654. The molecule has 1 aromatic carbocycles. The Hall–Kier alpha value is -1.87. The van der Waals surface area contributed by atoms with Crippen LogP contribution in [0.25, 0.3) is 10.9 Å². The fraction of sp³-hybridized carbons (Fsp3) is 0.188. The van der Waals surface area contributed by atoms with Crippen LogP contribution in [0, 0.1) is 0 Å². The number of nitrogens with zero attached hydrogens (tertiary/aromatic N) is 1. The molecule has 0 aliphatic heterocycles. The minimum Gasteiger partial charge on any atom is -0.341 e. The fourth-order valence-electron chi connectivity index (χ4n) is 3.23. The summed E-state index contributed by atoms with van der Waals surface area (Å²) < 4.78 is 2.06. The van der Waals surface area contributed by atoms with Crippen LogP contribution in [-0.2, 0) is 7.05 Å². The van der Waals surface area contributed by atoms with Gasteiger partial charge in [0.05, 0.1) is 5.69 Å². The molecule has 1 atom stereocenters. The maximum atomic E-state index is 12.3. The van der Waals surface area contributed by atoms with Crippen molar-refractivity contribution >= 4 is 28.0 Å².